The van der Waals surface area contributed by atoms with E-state index in [4.69, 9.17) is 0 Å². The van der Waals surface area contributed by atoms with Gasteiger partial charge >= 0.3 is 18.5 Å². The molecule has 120 valence electrons. The summed E-state index contributed by atoms with van der Waals surface area (Å²) >= 11 is 0. The van der Waals surface area contributed by atoms with Crippen LogP contribution in [0.15, 0.2) is 18.2 Å². The van der Waals surface area contributed by atoms with Gasteiger partial charge in [0.05, 0.1) is 0 Å². The van der Waals surface area contributed by atoms with Crippen LogP contribution in [0.2, 0.25) is 0 Å². The lowest BCUT2D eigenvalue weighted by atomic mass is 10.1. The van der Waals surface area contributed by atoms with Crippen LogP contribution in [-0.4, -0.2) is 18.5 Å². The lowest BCUT2D eigenvalue weighted by Gasteiger charge is -2.30. The van der Waals surface area contributed by atoms with Gasteiger partial charge in [0.1, 0.15) is 0 Å². The van der Waals surface area contributed by atoms with E-state index in [2.05, 4.69) is 4.74 Å². The highest BCUT2D eigenvalue weighted by molar-refractivity contribution is 5.25. The molecular weight excluding hydrogens is 326 g/mol. The fourth-order valence-electron chi connectivity index (χ4n) is 1.34. The van der Waals surface area contributed by atoms with Crippen molar-refractivity contribution in [3.63, 3.8) is 0 Å². The Morgan fingerprint density at radius 3 is 1.71 bits per heavy atom. The Bertz CT molecular complexity index is 490. The highest BCUT2D eigenvalue weighted by atomic mass is 19.4. The molecule has 11 heteroatoms. The van der Waals surface area contributed by atoms with Gasteiger partial charge in [0.25, 0.3) is 5.92 Å². The quantitative estimate of drug-likeness (QED) is 0.732. The molecule has 0 amide bonds. The summed E-state index contributed by atoms with van der Waals surface area (Å²) in [5.41, 5.74) is 0. The molecule has 1 rings (SSSR count). The van der Waals surface area contributed by atoms with E-state index >= 15 is 0 Å². The summed E-state index contributed by atoms with van der Waals surface area (Å²) in [7, 11) is 0. The highest BCUT2D eigenvalue weighted by Crippen LogP contribution is 2.48. The van der Waals surface area contributed by atoms with Crippen molar-refractivity contribution in [1.82, 2.24) is 0 Å². The SMILES string of the molecule is Fc1cccc(OC(F)(F)C(C(F)(F)F)C(F)(F)F)c1F. The summed E-state index contributed by atoms with van der Waals surface area (Å²) in [5, 5.41) is 0. The predicted molar refractivity (Wildman–Crippen MR) is 47.5 cm³/mol. The summed E-state index contributed by atoms with van der Waals surface area (Å²) in [6.45, 7) is 0. The monoisotopic (exact) mass is 330 g/mol. The van der Waals surface area contributed by atoms with Gasteiger partial charge in [-0.2, -0.15) is 39.5 Å². The molecule has 0 bridgehead atoms. The third-order valence-electron chi connectivity index (χ3n) is 2.15. The van der Waals surface area contributed by atoms with Crippen LogP contribution in [0.5, 0.6) is 5.75 Å². The summed E-state index contributed by atoms with van der Waals surface area (Å²) in [6.07, 6.45) is -18.7. The second-order valence-electron chi connectivity index (χ2n) is 3.73. The minimum absolute atomic E-state index is 0.260. The van der Waals surface area contributed by atoms with Crippen LogP contribution in [0.25, 0.3) is 0 Å². The van der Waals surface area contributed by atoms with Gasteiger partial charge < -0.3 is 4.74 Å². The molecule has 0 aliphatic heterocycles. The second kappa shape index (κ2) is 5.26. The standard InChI is InChI=1S/C10H4F10O/c11-4-2-1-3-5(6(4)12)21-10(19,20)7(8(13,14)15)9(16,17)18/h1-3,7H. The summed E-state index contributed by atoms with van der Waals surface area (Å²) in [4.78, 5) is 0. The maximum absolute atomic E-state index is 13.1. The van der Waals surface area contributed by atoms with Gasteiger partial charge in [0, 0.05) is 0 Å². The minimum Gasteiger partial charge on any atom is -0.429 e. The number of ether oxygens (including phenoxy) is 1. The molecule has 0 radical (unpaired) electrons. The van der Waals surface area contributed by atoms with Gasteiger partial charge in [-0.15, -0.1) is 0 Å². The topological polar surface area (TPSA) is 9.23 Å². The molecule has 21 heavy (non-hydrogen) atoms. The molecule has 0 unspecified atom stereocenters. The number of hydrogen-bond donors (Lipinski definition) is 0. The Labute approximate surface area is 110 Å². The molecule has 0 fully saturated rings. The van der Waals surface area contributed by atoms with E-state index < -0.39 is 41.8 Å². The zero-order valence-electron chi connectivity index (χ0n) is 9.50. The fourth-order valence-corrected chi connectivity index (χ4v) is 1.34. The van der Waals surface area contributed by atoms with E-state index in [9.17, 15) is 43.9 Å². The molecular formula is C10H4F10O. The molecule has 1 nitrogen and oxygen atoms in total. The zero-order chi connectivity index (χ0) is 16.6. The Morgan fingerprint density at radius 2 is 1.29 bits per heavy atom. The van der Waals surface area contributed by atoms with E-state index in [1.165, 1.54) is 0 Å². The smallest absolute Gasteiger partial charge is 0.418 e. The molecule has 0 saturated heterocycles. The van der Waals surface area contributed by atoms with E-state index in [1.807, 2.05) is 0 Å². The number of alkyl halides is 8. The van der Waals surface area contributed by atoms with Crippen LogP contribution in [0, 0.1) is 17.6 Å². The van der Waals surface area contributed by atoms with Crippen LogP contribution < -0.4 is 4.74 Å². The summed E-state index contributed by atoms with van der Waals surface area (Å²) < 4.78 is 128. The molecule has 0 atom stereocenters. The third kappa shape index (κ3) is 3.91. The van der Waals surface area contributed by atoms with Crippen LogP contribution in [0.1, 0.15) is 0 Å². The molecule has 0 aliphatic carbocycles. The summed E-state index contributed by atoms with van der Waals surface area (Å²) in [5.74, 6) is -10.9. The maximum Gasteiger partial charge on any atom is 0.418 e. The van der Waals surface area contributed by atoms with Crippen molar-refractivity contribution in [1.29, 1.82) is 0 Å². The van der Waals surface area contributed by atoms with Crippen LogP contribution >= 0.6 is 0 Å². The van der Waals surface area contributed by atoms with E-state index in [1.54, 1.807) is 0 Å². The van der Waals surface area contributed by atoms with Gasteiger partial charge in [-0.3, -0.25) is 0 Å². The molecule has 1 aromatic rings. The van der Waals surface area contributed by atoms with E-state index in [0.717, 1.165) is 0 Å². The Balaban J connectivity index is 3.22. The Morgan fingerprint density at radius 1 is 0.810 bits per heavy atom. The first-order chi connectivity index (χ1) is 9.27. The minimum atomic E-state index is -6.41. The van der Waals surface area contributed by atoms with Gasteiger partial charge in [-0.25, -0.2) is 4.39 Å². The number of benzene rings is 1. The predicted octanol–water partition coefficient (Wildman–Crippen LogP) is 4.68. The third-order valence-corrected chi connectivity index (χ3v) is 2.15. The van der Waals surface area contributed by atoms with Crippen molar-refractivity contribution in [3.8, 4) is 5.75 Å². The van der Waals surface area contributed by atoms with Crippen molar-refractivity contribution < 1.29 is 48.6 Å². The molecule has 0 N–H and O–H groups in total. The first-order valence-corrected chi connectivity index (χ1v) is 4.91. The number of halogens is 10. The number of hydrogen-bond acceptors (Lipinski definition) is 1. The lowest BCUT2D eigenvalue weighted by Crippen LogP contribution is -2.51. The molecule has 0 heterocycles. The van der Waals surface area contributed by atoms with Gasteiger partial charge in [0.2, 0.25) is 5.82 Å². The van der Waals surface area contributed by atoms with Gasteiger partial charge in [-0.1, -0.05) is 6.07 Å². The molecule has 0 saturated carbocycles. The van der Waals surface area contributed by atoms with Crippen molar-refractivity contribution >= 4 is 0 Å². The van der Waals surface area contributed by atoms with E-state index in [-0.39, 0.29) is 6.07 Å². The molecule has 0 aromatic heterocycles. The Hall–Kier alpha value is -1.68. The first-order valence-electron chi connectivity index (χ1n) is 4.91. The Kier molecular flexibility index (Phi) is 4.35. The maximum atomic E-state index is 13.1. The van der Waals surface area contributed by atoms with Crippen molar-refractivity contribution in [2.45, 2.75) is 18.5 Å². The van der Waals surface area contributed by atoms with E-state index in [0.29, 0.717) is 12.1 Å². The normalized spacial score (nSPS) is 13.7. The van der Waals surface area contributed by atoms with Crippen LogP contribution in [0.4, 0.5) is 43.9 Å². The number of rotatable bonds is 3. The second-order valence-corrected chi connectivity index (χ2v) is 3.73. The molecule has 0 aliphatic rings. The average Bonchev–Trinajstić information content (AvgIpc) is 2.19. The molecule has 0 spiro atoms. The van der Waals surface area contributed by atoms with Gasteiger partial charge in [0.15, 0.2) is 11.6 Å². The molecule has 1 aromatic carbocycles. The lowest BCUT2D eigenvalue weighted by molar-refractivity contribution is -0.379. The first kappa shape index (κ1) is 17.4. The highest BCUT2D eigenvalue weighted by Gasteiger charge is 2.71. The van der Waals surface area contributed by atoms with Crippen molar-refractivity contribution in [3.05, 3.63) is 29.8 Å². The van der Waals surface area contributed by atoms with Gasteiger partial charge in [-0.05, 0) is 12.1 Å². The van der Waals surface area contributed by atoms with Crippen LogP contribution in [0.3, 0.4) is 0 Å². The average molecular weight is 330 g/mol. The summed E-state index contributed by atoms with van der Waals surface area (Å²) in [6, 6.07) is 1.24. The van der Waals surface area contributed by atoms with Crippen molar-refractivity contribution in [2.24, 2.45) is 5.92 Å². The zero-order valence-corrected chi connectivity index (χ0v) is 9.50. The largest absolute Gasteiger partial charge is 0.429 e. The van der Waals surface area contributed by atoms with Crippen molar-refractivity contribution in [2.75, 3.05) is 0 Å². The van der Waals surface area contributed by atoms with Crippen LogP contribution in [-0.2, 0) is 0 Å². The fraction of sp³-hybridized carbons (Fsp3) is 0.400.